The Hall–Kier alpha value is -2.77. The van der Waals surface area contributed by atoms with Crippen LogP contribution in [0, 0.1) is 0 Å². The van der Waals surface area contributed by atoms with Crippen LogP contribution in [0.15, 0.2) is 29.2 Å². The molecule has 0 N–H and O–H groups in total. The number of nitrogens with zero attached hydrogens (tertiary/aromatic N) is 6. The fourth-order valence-corrected chi connectivity index (χ4v) is 2.35. The minimum atomic E-state index is -0.223. The molecule has 0 saturated heterocycles. The molecule has 23 heavy (non-hydrogen) atoms. The molecule has 3 aromatic rings. The Kier molecular flexibility index (Phi) is 3.81. The first-order valence-corrected chi connectivity index (χ1v) is 7.37. The van der Waals surface area contributed by atoms with Gasteiger partial charge in [0.25, 0.3) is 11.7 Å². The van der Waals surface area contributed by atoms with Crippen LogP contribution in [0.3, 0.4) is 0 Å². The summed E-state index contributed by atoms with van der Waals surface area (Å²) in [5.41, 5.74) is 1.92. The third-order valence-electron chi connectivity index (χ3n) is 3.88. The smallest absolute Gasteiger partial charge is 0.272 e. The molecule has 3 aromatic heterocycles. The van der Waals surface area contributed by atoms with E-state index in [4.69, 9.17) is 4.52 Å². The van der Waals surface area contributed by atoms with Crippen molar-refractivity contribution in [1.82, 2.24) is 29.6 Å². The highest BCUT2D eigenvalue weighted by molar-refractivity contribution is 5.92. The van der Waals surface area contributed by atoms with Crippen LogP contribution >= 0.6 is 0 Å². The highest BCUT2D eigenvalue weighted by atomic mass is 16.5. The fraction of sp³-hybridized carbons (Fsp3) is 0.400. The van der Waals surface area contributed by atoms with E-state index in [0.29, 0.717) is 17.2 Å². The van der Waals surface area contributed by atoms with Crippen molar-refractivity contribution in [3.8, 4) is 0 Å². The van der Waals surface area contributed by atoms with Gasteiger partial charge >= 0.3 is 0 Å². The molecule has 0 aliphatic rings. The number of fused-ring (bicyclic) bond motifs is 1. The topological polar surface area (TPSA) is 89.4 Å². The number of amides is 1. The van der Waals surface area contributed by atoms with Crippen LogP contribution in [-0.2, 0) is 0 Å². The Morgan fingerprint density at radius 1 is 1.35 bits per heavy atom. The first-order valence-electron chi connectivity index (χ1n) is 7.37. The molecular formula is C15H18N6O2. The Bertz CT molecular complexity index is 824. The molecule has 1 amide bonds. The molecule has 8 nitrogen and oxygen atoms in total. The van der Waals surface area contributed by atoms with Gasteiger partial charge in [-0.1, -0.05) is 19.0 Å². The summed E-state index contributed by atoms with van der Waals surface area (Å²) in [5, 5.41) is 8.04. The maximum Gasteiger partial charge on any atom is 0.272 e. The predicted molar refractivity (Wildman–Crippen MR) is 81.9 cm³/mol. The Morgan fingerprint density at radius 2 is 2.13 bits per heavy atom. The zero-order valence-electron chi connectivity index (χ0n) is 13.5. The van der Waals surface area contributed by atoms with Crippen molar-refractivity contribution >= 4 is 11.7 Å². The second kappa shape index (κ2) is 5.79. The largest absolute Gasteiger partial charge is 0.364 e. The molecule has 0 aliphatic carbocycles. The van der Waals surface area contributed by atoms with Crippen molar-refractivity contribution in [3.63, 3.8) is 0 Å². The summed E-state index contributed by atoms with van der Waals surface area (Å²) >= 11 is 0. The first-order chi connectivity index (χ1) is 11.0. The minimum absolute atomic E-state index is 0.187. The summed E-state index contributed by atoms with van der Waals surface area (Å²) in [6.07, 6.45) is 2.92. The minimum Gasteiger partial charge on any atom is -0.364 e. The maximum absolute atomic E-state index is 12.8. The molecule has 0 aromatic carbocycles. The lowest BCUT2D eigenvalue weighted by atomic mass is 10.1. The molecule has 8 heteroatoms. The van der Waals surface area contributed by atoms with Gasteiger partial charge in [-0.15, -0.1) is 0 Å². The standard InChI is InChI=1S/C15H18N6O2/c1-9(2)13-7-12(18-15-16-8-17-21(13)15)14(22)20(4)10(3)11-5-6-23-19-11/h5-10H,1-4H3/t10-/m1/s1. The van der Waals surface area contributed by atoms with Gasteiger partial charge in [-0.05, 0) is 18.9 Å². The molecular weight excluding hydrogens is 296 g/mol. The van der Waals surface area contributed by atoms with E-state index in [0.717, 1.165) is 5.69 Å². The van der Waals surface area contributed by atoms with E-state index in [1.807, 2.05) is 20.8 Å². The molecule has 120 valence electrons. The zero-order chi connectivity index (χ0) is 16.6. The molecule has 0 radical (unpaired) electrons. The quantitative estimate of drug-likeness (QED) is 0.732. The monoisotopic (exact) mass is 314 g/mol. The Morgan fingerprint density at radius 3 is 2.78 bits per heavy atom. The van der Waals surface area contributed by atoms with E-state index in [9.17, 15) is 4.79 Å². The number of aromatic nitrogens is 5. The summed E-state index contributed by atoms with van der Waals surface area (Å²) in [5.74, 6) is 0.405. The average Bonchev–Trinajstić information content (AvgIpc) is 3.22. The van der Waals surface area contributed by atoms with Crippen molar-refractivity contribution in [3.05, 3.63) is 41.8 Å². The maximum atomic E-state index is 12.8. The lowest BCUT2D eigenvalue weighted by Crippen LogP contribution is -2.31. The molecule has 1 atom stereocenters. The van der Waals surface area contributed by atoms with Crippen LogP contribution in [0.2, 0.25) is 0 Å². The molecule has 3 heterocycles. The third-order valence-corrected chi connectivity index (χ3v) is 3.88. The van der Waals surface area contributed by atoms with Crippen LogP contribution in [0.25, 0.3) is 5.78 Å². The third kappa shape index (κ3) is 2.67. The highest BCUT2D eigenvalue weighted by Gasteiger charge is 2.23. The number of carbonyl (C=O) groups excluding carboxylic acids is 1. The van der Waals surface area contributed by atoms with E-state index in [-0.39, 0.29) is 17.9 Å². The Balaban J connectivity index is 1.97. The Labute approximate surface area is 133 Å². The summed E-state index contributed by atoms with van der Waals surface area (Å²) in [7, 11) is 1.71. The van der Waals surface area contributed by atoms with Crippen molar-refractivity contribution < 1.29 is 9.32 Å². The SMILES string of the molecule is CC(C)c1cc(C(=O)N(C)[C@H](C)c2ccon2)nc2ncnn12. The van der Waals surface area contributed by atoms with Gasteiger partial charge in [-0.3, -0.25) is 4.79 Å². The molecule has 0 saturated carbocycles. The van der Waals surface area contributed by atoms with Crippen LogP contribution in [0.4, 0.5) is 0 Å². The van der Waals surface area contributed by atoms with Crippen LogP contribution in [0.1, 0.15) is 54.6 Å². The van der Waals surface area contributed by atoms with Crippen LogP contribution in [0.5, 0.6) is 0 Å². The molecule has 0 fully saturated rings. The molecule has 0 spiro atoms. The lowest BCUT2D eigenvalue weighted by Gasteiger charge is -2.23. The molecule has 0 unspecified atom stereocenters. The van der Waals surface area contributed by atoms with Gasteiger partial charge in [0.15, 0.2) is 0 Å². The van der Waals surface area contributed by atoms with Crippen LogP contribution < -0.4 is 0 Å². The number of hydrogen-bond donors (Lipinski definition) is 0. The predicted octanol–water partition coefficient (Wildman–Crippen LogP) is 2.07. The summed E-state index contributed by atoms with van der Waals surface area (Å²) in [6.45, 7) is 5.95. The fourth-order valence-electron chi connectivity index (χ4n) is 2.35. The van der Waals surface area contributed by atoms with Crippen molar-refractivity contribution in [2.24, 2.45) is 0 Å². The number of hydrogen-bond acceptors (Lipinski definition) is 6. The van der Waals surface area contributed by atoms with Gasteiger partial charge in [0.2, 0.25) is 0 Å². The van der Waals surface area contributed by atoms with Gasteiger partial charge < -0.3 is 9.42 Å². The summed E-state index contributed by atoms with van der Waals surface area (Å²) in [6, 6.07) is 3.28. The highest BCUT2D eigenvalue weighted by Crippen LogP contribution is 2.21. The van der Waals surface area contributed by atoms with Gasteiger partial charge in [0.05, 0.1) is 11.7 Å². The number of carbonyl (C=O) groups is 1. The second-order valence-electron chi connectivity index (χ2n) is 5.71. The van der Waals surface area contributed by atoms with Gasteiger partial charge in [0, 0.05) is 13.1 Å². The van der Waals surface area contributed by atoms with E-state index in [2.05, 4.69) is 20.2 Å². The van der Waals surface area contributed by atoms with Crippen molar-refractivity contribution in [2.45, 2.75) is 32.7 Å². The van der Waals surface area contributed by atoms with E-state index in [1.165, 1.54) is 12.6 Å². The van der Waals surface area contributed by atoms with Crippen molar-refractivity contribution in [1.29, 1.82) is 0 Å². The summed E-state index contributed by atoms with van der Waals surface area (Å²) in [4.78, 5) is 22.8. The van der Waals surface area contributed by atoms with E-state index >= 15 is 0 Å². The van der Waals surface area contributed by atoms with E-state index < -0.39 is 0 Å². The second-order valence-corrected chi connectivity index (χ2v) is 5.71. The zero-order valence-corrected chi connectivity index (χ0v) is 13.5. The van der Waals surface area contributed by atoms with Crippen molar-refractivity contribution in [2.75, 3.05) is 7.05 Å². The van der Waals surface area contributed by atoms with Gasteiger partial charge in [0.1, 0.15) is 24.0 Å². The first kappa shape index (κ1) is 15.1. The van der Waals surface area contributed by atoms with Gasteiger partial charge in [-0.25, -0.2) is 9.50 Å². The molecule has 0 bridgehead atoms. The van der Waals surface area contributed by atoms with E-state index in [1.54, 1.807) is 28.6 Å². The van der Waals surface area contributed by atoms with Gasteiger partial charge in [-0.2, -0.15) is 10.1 Å². The normalized spacial score (nSPS) is 12.7. The summed E-state index contributed by atoms with van der Waals surface area (Å²) < 4.78 is 6.50. The average molecular weight is 314 g/mol. The van der Waals surface area contributed by atoms with Crippen LogP contribution in [-0.4, -0.2) is 42.6 Å². The molecule has 3 rings (SSSR count). The number of rotatable bonds is 4. The lowest BCUT2D eigenvalue weighted by molar-refractivity contribution is 0.0731. The molecule has 0 aliphatic heterocycles.